The summed E-state index contributed by atoms with van der Waals surface area (Å²) in [7, 11) is 1.35. The highest BCUT2D eigenvalue weighted by atomic mass is 16.5. The van der Waals surface area contributed by atoms with Gasteiger partial charge in [0.25, 0.3) is 0 Å². The van der Waals surface area contributed by atoms with Crippen LogP contribution < -0.4 is 0 Å². The van der Waals surface area contributed by atoms with Crippen LogP contribution in [-0.4, -0.2) is 41.9 Å². The van der Waals surface area contributed by atoms with Crippen LogP contribution >= 0.6 is 0 Å². The lowest BCUT2D eigenvalue weighted by Gasteiger charge is -2.21. The first-order valence-corrected chi connectivity index (χ1v) is 4.32. The molecule has 2 atom stereocenters. The maximum atomic E-state index is 11.2. The molecule has 4 nitrogen and oxygen atoms in total. The Labute approximate surface area is 77.8 Å². The van der Waals surface area contributed by atoms with Gasteiger partial charge in [-0.05, 0) is 12.8 Å². The van der Waals surface area contributed by atoms with Gasteiger partial charge in [-0.1, -0.05) is 6.08 Å². The topological polar surface area (TPSA) is 49.8 Å². The molecule has 1 rings (SSSR count). The van der Waals surface area contributed by atoms with Gasteiger partial charge in [0.2, 0.25) is 0 Å². The summed E-state index contributed by atoms with van der Waals surface area (Å²) in [6, 6.07) is 0.0416. The third-order valence-electron chi connectivity index (χ3n) is 2.24. The number of amides is 1. The molecule has 13 heavy (non-hydrogen) atoms. The fraction of sp³-hybridized carbons (Fsp3) is 0.667. The molecular formula is C9H15NO3. The molecule has 0 unspecified atom stereocenters. The van der Waals surface area contributed by atoms with E-state index in [9.17, 15) is 9.90 Å². The Morgan fingerprint density at radius 2 is 2.54 bits per heavy atom. The minimum absolute atomic E-state index is 0.0416. The summed E-state index contributed by atoms with van der Waals surface area (Å²) in [6.07, 6.45) is 2.26. The van der Waals surface area contributed by atoms with Crippen molar-refractivity contribution in [1.82, 2.24) is 4.90 Å². The van der Waals surface area contributed by atoms with E-state index < -0.39 is 6.10 Å². The molecule has 0 aromatic carbocycles. The Kier molecular flexibility index (Phi) is 3.31. The van der Waals surface area contributed by atoms with E-state index >= 15 is 0 Å². The van der Waals surface area contributed by atoms with E-state index in [0.29, 0.717) is 19.4 Å². The number of aliphatic hydroxyl groups is 1. The molecular weight excluding hydrogens is 170 g/mol. The lowest BCUT2D eigenvalue weighted by atomic mass is 10.1. The predicted octanol–water partition coefficient (Wildman–Crippen LogP) is 0.764. The number of ether oxygens (including phenoxy) is 1. The Morgan fingerprint density at radius 3 is 3.08 bits per heavy atom. The number of likely N-dealkylation sites (tertiary alicyclic amines) is 1. The summed E-state index contributed by atoms with van der Waals surface area (Å²) in [6.45, 7) is 3.97. The summed E-state index contributed by atoms with van der Waals surface area (Å²) in [4.78, 5) is 12.8. The average molecular weight is 185 g/mol. The molecule has 4 heteroatoms. The number of methoxy groups -OCH3 is 1. The smallest absolute Gasteiger partial charge is 0.409 e. The van der Waals surface area contributed by atoms with Crippen molar-refractivity contribution in [2.45, 2.75) is 25.0 Å². The minimum atomic E-state index is -0.427. The number of carbonyl (C=O) groups excluding carboxylic acids is 1. The zero-order valence-electron chi connectivity index (χ0n) is 7.77. The van der Waals surface area contributed by atoms with Gasteiger partial charge in [0.05, 0.1) is 19.8 Å². The van der Waals surface area contributed by atoms with Gasteiger partial charge in [-0.25, -0.2) is 4.79 Å². The van der Waals surface area contributed by atoms with Gasteiger partial charge >= 0.3 is 6.09 Å². The van der Waals surface area contributed by atoms with Crippen molar-refractivity contribution in [2.75, 3.05) is 13.7 Å². The highest BCUT2D eigenvalue weighted by molar-refractivity contribution is 5.68. The predicted molar refractivity (Wildman–Crippen MR) is 48.3 cm³/mol. The van der Waals surface area contributed by atoms with Crippen LogP contribution in [0.25, 0.3) is 0 Å². The average Bonchev–Trinajstić information content (AvgIpc) is 2.46. The number of hydrogen-bond donors (Lipinski definition) is 1. The summed E-state index contributed by atoms with van der Waals surface area (Å²) < 4.78 is 4.60. The lowest BCUT2D eigenvalue weighted by Crippen LogP contribution is -2.35. The van der Waals surface area contributed by atoms with Crippen molar-refractivity contribution < 1.29 is 14.6 Å². The van der Waals surface area contributed by atoms with Crippen molar-refractivity contribution in [3.63, 3.8) is 0 Å². The van der Waals surface area contributed by atoms with Crippen LogP contribution in [0.3, 0.4) is 0 Å². The number of aliphatic hydroxyl groups excluding tert-OH is 1. The van der Waals surface area contributed by atoms with Crippen molar-refractivity contribution in [1.29, 1.82) is 0 Å². The molecule has 0 saturated carbocycles. The Balaban J connectivity index is 2.59. The van der Waals surface area contributed by atoms with E-state index in [4.69, 9.17) is 0 Å². The molecule has 0 bridgehead atoms. The molecule has 1 aliphatic rings. The van der Waals surface area contributed by atoms with E-state index in [1.54, 1.807) is 11.0 Å². The second-order valence-corrected chi connectivity index (χ2v) is 3.19. The molecule has 1 fully saturated rings. The number of hydrogen-bond acceptors (Lipinski definition) is 3. The molecule has 1 saturated heterocycles. The van der Waals surface area contributed by atoms with E-state index in [2.05, 4.69) is 11.3 Å². The SMILES string of the molecule is C=CC[C@H]1C[C@@H](O)CN1C(=O)OC. The van der Waals surface area contributed by atoms with Crippen LogP contribution in [0.2, 0.25) is 0 Å². The standard InChI is InChI=1S/C9H15NO3/c1-3-4-7-5-8(11)6-10(7)9(12)13-2/h3,7-8,11H,1,4-6H2,2H3/t7-,8+/m0/s1. The van der Waals surface area contributed by atoms with Gasteiger partial charge in [0.1, 0.15) is 0 Å². The summed E-state index contributed by atoms with van der Waals surface area (Å²) in [5.41, 5.74) is 0. The Bertz CT molecular complexity index is 205. The molecule has 1 amide bonds. The van der Waals surface area contributed by atoms with Crippen molar-refractivity contribution >= 4 is 6.09 Å². The quantitative estimate of drug-likeness (QED) is 0.646. The van der Waals surface area contributed by atoms with E-state index in [-0.39, 0.29) is 12.1 Å². The lowest BCUT2D eigenvalue weighted by molar-refractivity contribution is 0.113. The van der Waals surface area contributed by atoms with Gasteiger partial charge in [0, 0.05) is 6.04 Å². The molecule has 74 valence electrons. The fourth-order valence-electron chi connectivity index (χ4n) is 1.65. The van der Waals surface area contributed by atoms with Crippen LogP contribution in [0.5, 0.6) is 0 Å². The Morgan fingerprint density at radius 1 is 1.85 bits per heavy atom. The first-order chi connectivity index (χ1) is 6.19. The molecule has 0 aromatic rings. The number of rotatable bonds is 2. The van der Waals surface area contributed by atoms with Crippen LogP contribution in [0, 0.1) is 0 Å². The second-order valence-electron chi connectivity index (χ2n) is 3.19. The molecule has 0 aliphatic carbocycles. The maximum Gasteiger partial charge on any atom is 0.409 e. The normalized spacial score (nSPS) is 27.4. The van der Waals surface area contributed by atoms with E-state index in [1.165, 1.54) is 7.11 Å². The van der Waals surface area contributed by atoms with Gasteiger partial charge in [-0.3, -0.25) is 0 Å². The van der Waals surface area contributed by atoms with E-state index in [0.717, 1.165) is 0 Å². The highest BCUT2D eigenvalue weighted by Gasteiger charge is 2.33. The van der Waals surface area contributed by atoms with Crippen molar-refractivity contribution in [3.8, 4) is 0 Å². The molecule has 1 aliphatic heterocycles. The van der Waals surface area contributed by atoms with E-state index in [1.807, 2.05) is 0 Å². The first kappa shape index (κ1) is 10.1. The zero-order valence-corrected chi connectivity index (χ0v) is 7.77. The second kappa shape index (κ2) is 4.28. The zero-order chi connectivity index (χ0) is 9.84. The van der Waals surface area contributed by atoms with Crippen molar-refractivity contribution in [2.24, 2.45) is 0 Å². The molecule has 1 N–H and O–H groups in total. The summed E-state index contributed by atoms with van der Waals surface area (Å²) in [5, 5.41) is 9.36. The fourth-order valence-corrected chi connectivity index (χ4v) is 1.65. The van der Waals surface area contributed by atoms with Gasteiger partial charge in [-0.15, -0.1) is 6.58 Å². The molecule has 1 heterocycles. The third kappa shape index (κ3) is 2.21. The number of nitrogens with zero attached hydrogens (tertiary/aromatic N) is 1. The maximum absolute atomic E-state index is 11.2. The summed E-state index contributed by atoms with van der Waals surface area (Å²) in [5.74, 6) is 0. The van der Waals surface area contributed by atoms with Gasteiger partial charge < -0.3 is 14.7 Å². The summed E-state index contributed by atoms with van der Waals surface area (Å²) >= 11 is 0. The number of carbonyl (C=O) groups is 1. The first-order valence-electron chi connectivity index (χ1n) is 4.32. The van der Waals surface area contributed by atoms with Gasteiger partial charge in [-0.2, -0.15) is 0 Å². The monoisotopic (exact) mass is 185 g/mol. The van der Waals surface area contributed by atoms with Crippen LogP contribution in [-0.2, 0) is 4.74 Å². The third-order valence-corrected chi connectivity index (χ3v) is 2.24. The van der Waals surface area contributed by atoms with Gasteiger partial charge in [0.15, 0.2) is 0 Å². The molecule has 0 spiro atoms. The van der Waals surface area contributed by atoms with Crippen LogP contribution in [0.15, 0.2) is 12.7 Å². The number of β-amino-alcohol motifs (C(OH)–C–C–N with tert-alkyl or cyclic N) is 1. The largest absolute Gasteiger partial charge is 0.453 e. The molecule has 0 radical (unpaired) electrons. The van der Waals surface area contributed by atoms with Crippen LogP contribution in [0.4, 0.5) is 4.79 Å². The van der Waals surface area contributed by atoms with Crippen LogP contribution in [0.1, 0.15) is 12.8 Å². The van der Waals surface area contributed by atoms with Crippen molar-refractivity contribution in [3.05, 3.63) is 12.7 Å². The Hall–Kier alpha value is -1.03. The molecule has 0 aromatic heterocycles. The highest BCUT2D eigenvalue weighted by Crippen LogP contribution is 2.21. The minimum Gasteiger partial charge on any atom is -0.453 e.